The van der Waals surface area contributed by atoms with Crippen molar-refractivity contribution in [3.8, 4) is 17.2 Å². The van der Waals surface area contributed by atoms with E-state index in [9.17, 15) is 9.90 Å². The van der Waals surface area contributed by atoms with E-state index >= 15 is 0 Å². The molecule has 0 fully saturated rings. The summed E-state index contributed by atoms with van der Waals surface area (Å²) in [5.74, 6) is 1.19. The van der Waals surface area contributed by atoms with Gasteiger partial charge in [0.05, 0.1) is 5.39 Å². The van der Waals surface area contributed by atoms with Gasteiger partial charge in [-0.1, -0.05) is 6.07 Å². The topological polar surface area (TPSA) is 59.7 Å². The van der Waals surface area contributed by atoms with E-state index in [1.54, 1.807) is 6.92 Å². The molecule has 4 nitrogen and oxygen atoms in total. The fourth-order valence-electron chi connectivity index (χ4n) is 2.29. The average molecular weight is 296 g/mol. The molecule has 0 atom stereocenters. The van der Waals surface area contributed by atoms with Gasteiger partial charge in [-0.05, 0) is 56.2 Å². The number of phenols is 1. The Balaban J connectivity index is 2.12. The summed E-state index contributed by atoms with van der Waals surface area (Å²) < 4.78 is 11.3. The van der Waals surface area contributed by atoms with Crippen molar-refractivity contribution in [3.05, 3.63) is 63.5 Å². The minimum Gasteiger partial charge on any atom is -0.508 e. The number of aromatic hydroxyl groups is 1. The Kier molecular flexibility index (Phi) is 3.37. The molecular formula is C18H16O4. The summed E-state index contributed by atoms with van der Waals surface area (Å²) in [5, 5.41) is 9.86. The van der Waals surface area contributed by atoms with Crippen LogP contribution in [0.2, 0.25) is 0 Å². The Morgan fingerprint density at radius 3 is 2.50 bits per heavy atom. The first-order valence-electron chi connectivity index (χ1n) is 6.97. The second-order valence-electron chi connectivity index (χ2n) is 5.35. The molecule has 3 aromatic rings. The molecular weight excluding hydrogens is 280 g/mol. The maximum absolute atomic E-state index is 12.6. The summed E-state index contributed by atoms with van der Waals surface area (Å²) in [6.45, 7) is 5.67. The molecule has 0 saturated heterocycles. The maximum Gasteiger partial charge on any atom is 0.235 e. The van der Waals surface area contributed by atoms with Crippen molar-refractivity contribution in [1.29, 1.82) is 0 Å². The molecule has 0 aliphatic carbocycles. The van der Waals surface area contributed by atoms with E-state index in [0.29, 0.717) is 22.5 Å². The number of ether oxygens (including phenoxy) is 1. The zero-order valence-corrected chi connectivity index (χ0v) is 12.6. The van der Waals surface area contributed by atoms with E-state index in [4.69, 9.17) is 9.15 Å². The minimum absolute atomic E-state index is 0.0536. The van der Waals surface area contributed by atoms with Gasteiger partial charge in [-0.25, -0.2) is 0 Å². The molecule has 0 radical (unpaired) electrons. The van der Waals surface area contributed by atoms with Gasteiger partial charge in [-0.3, -0.25) is 4.79 Å². The van der Waals surface area contributed by atoms with Crippen molar-refractivity contribution in [2.75, 3.05) is 0 Å². The molecule has 0 amide bonds. The van der Waals surface area contributed by atoms with Gasteiger partial charge in [0.2, 0.25) is 11.2 Å². The standard InChI is InChI=1S/C18H16O4/c1-10-4-6-14(8-11(10)2)22-18-12(3)21-16-9-13(19)5-7-15(16)17(18)20/h4-9,19H,1-3H3. The Hall–Kier alpha value is -2.75. The third-order valence-corrected chi connectivity index (χ3v) is 3.70. The number of hydrogen-bond donors (Lipinski definition) is 1. The molecule has 22 heavy (non-hydrogen) atoms. The lowest BCUT2D eigenvalue weighted by molar-refractivity contribution is 0.434. The molecule has 3 rings (SSSR count). The lowest BCUT2D eigenvalue weighted by Gasteiger charge is -2.10. The van der Waals surface area contributed by atoms with Crippen LogP contribution >= 0.6 is 0 Å². The monoisotopic (exact) mass is 296 g/mol. The highest BCUT2D eigenvalue weighted by Crippen LogP contribution is 2.27. The molecule has 1 heterocycles. The largest absolute Gasteiger partial charge is 0.508 e. The highest BCUT2D eigenvalue weighted by atomic mass is 16.5. The Morgan fingerprint density at radius 2 is 1.77 bits per heavy atom. The smallest absolute Gasteiger partial charge is 0.235 e. The third kappa shape index (κ3) is 2.44. The van der Waals surface area contributed by atoms with Crippen LogP contribution in [0.5, 0.6) is 17.2 Å². The quantitative estimate of drug-likeness (QED) is 0.769. The Bertz CT molecular complexity index is 922. The summed E-state index contributed by atoms with van der Waals surface area (Å²) >= 11 is 0. The number of aryl methyl sites for hydroxylation is 3. The van der Waals surface area contributed by atoms with Crippen molar-refractivity contribution in [1.82, 2.24) is 0 Å². The first-order chi connectivity index (χ1) is 10.5. The van der Waals surface area contributed by atoms with Gasteiger partial charge >= 0.3 is 0 Å². The van der Waals surface area contributed by atoms with Crippen LogP contribution < -0.4 is 10.2 Å². The van der Waals surface area contributed by atoms with E-state index in [1.807, 2.05) is 32.0 Å². The average Bonchev–Trinajstić information content (AvgIpc) is 2.46. The van der Waals surface area contributed by atoms with Crippen LogP contribution in [0.25, 0.3) is 11.0 Å². The molecule has 0 unspecified atom stereocenters. The Morgan fingerprint density at radius 1 is 1.00 bits per heavy atom. The van der Waals surface area contributed by atoms with Gasteiger partial charge < -0.3 is 14.3 Å². The fraction of sp³-hybridized carbons (Fsp3) is 0.167. The summed E-state index contributed by atoms with van der Waals surface area (Å²) in [6, 6.07) is 10.1. The van der Waals surface area contributed by atoms with Crippen LogP contribution in [0.4, 0.5) is 0 Å². The first kappa shape index (κ1) is 14.2. The molecule has 0 bridgehead atoms. The van der Waals surface area contributed by atoms with Crippen LogP contribution in [0.15, 0.2) is 45.6 Å². The van der Waals surface area contributed by atoms with E-state index in [2.05, 4.69) is 0 Å². The number of phenolic OH excluding ortho intramolecular Hbond substituents is 1. The molecule has 4 heteroatoms. The zero-order valence-electron chi connectivity index (χ0n) is 12.6. The molecule has 1 aromatic heterocycles. The second kappa shape index (κ2) is 5.22. The van der Waals surface area contributed by atoms with Crippen LogP contribution in [0, 0.1) is 20.8 Å². The maximum atomic E-state index is 12.6. The second-order valence-corrected chi connectivity index (χ2v) is 5.35. The summed E-state index contributed by atoms with van der Waals surface area (Å²) in [6.07, 6.45) is 0. The fourth-order valence-corrected chi connectivity index (χ4v) is 2.29. The lowest BCUT2D eigenvalue weighted by Crippen LogP contribution is -2.07. The van der Waals surface area contributed by atoms with Crippen LogP contribution in [-0.4, -0.2) is 5.11 Å². The van der Waals surface area contributed by atoms with Gasteiger partial charge in [0.1, 0.15) is 22.8 Å². The predicted octanol–water partition coefficient (Wildman–Crippen LogP) is 4.22. The van der Waals surface area contributed by atoms with Gasteiger partial charge in [-0.15, -0.1) is 0 Å². The van der Waals surface area contributed by atoms with E-state index in [-0.39, 0.29) is 16.9 Å². The van der Waals surface area contributed by atoms with Gasteiger partial charge in [0.15, 0.2) is 0 Å². The molecule has 0 aliphatic rings. The highest BCUT2D eigenvalue weighted by molar-refractivity contribution is 5.79. The van der Waals surface area contributed by atoms with Gasteiger partial charge in [-0.2, -0.15) is 0 Å². The van der Waals surface area contributed by atoms with Crippen LogP contribution in [0.3, 0.4) is 0 Å². The number of rotatable bonds is 2. The molecule has 0 saturated carbocycles. The lowest BCUT2D eigenvalue weighted by atomic mass is 10.1. The van der Waals surface area contributed by atoms with Crippen molar-refractivity contribution < 1.29 is 14.3 Å². The number of fused-ring (bicyclic) bond motifs is 1. The molecule has 0 aliphatic heterocycles. The Labute approximate surface area is 127 Å². The normalized spacial score (nSPS) is 10.9. The predicted molar refractivity (Wildman–Crippen MR) is 84.9 cm³/mol. The molecule has 2 aromatic carbocycles. The summed E-state index contributed by atoms with van der Waals surface area (Å²) in [7, 11) is 0. The van der Waals surface area contributed by atoms with E-state index in [1.165, 1.54) is 18.2 Å². The zero-order chi connectivity index (χ0) is 15.9. The number of hydrogen-bond acceptors (Lipinski definition) is 4. The van der Waals surface area contributed by atoms with Gasteiger partial charge in [0, 0.05) is 6.07 Å². The SMILES string of the molecule is Cc1ccc(Oc2c(C)oc3cc(O)ccc3c2=O)cc1C. The van der Waals surface area contributed by atoms with Crippen LogP contribution in [-0.2, 0) is 0 Å². The first-order valence-corrected chi connectivity index (χ1v) is 6.97. The van der Waals surface area contributed by atoms with Crippen molar-refractivity contribution >= 4 is 11.0 Å². The highest BCUT2D eigenvalue weighted by Gasteiger charge is 2.14. The van der Waals surface area contributed by atoms with Crippen LogP contribution in [0.1, 0.15) is 16.9 Å². The summed E-state index contributed by atoms with van der Waals surface area (Å²) in [5.41, 5.74) is 2.34. The van der Waals surface area contributed by atoms with Crippen molar-refractivity contribution in [2.24, 2.45) is 0 Å². The van der Waals surface area contributed by atoms with E-state index in [0.717, 1.165) is 11.1 Å². The molecule has 0 spiro atoms. The van der Waals surface area contributed by atoms with Crippen molar-refractivity contribution in [3.63, 3.8) is 0 Å². The molecule has 112 valence electrons. The van der Waals surface area contributed by atoms with Crippen molar-refractivity contribution in [2.45, 2.75) is 20.8 Å². The summed E-state index contributed by atoms with van der Waals surface area (Å²) in [4.78, 5) is 12.6. The van der Waals surface area contributed by atoms with E-state index < -0.39 is 0 Å². The minimum atomic E-state index is -0.253. The number of benzene rings is 2. The van der Waals surface area contributed by atoms with Gasteiger partial charge in [0.25, 0.3) is 0 Å². The molecule has 1 N–H and O–H groups in total. The third-order valence-electron chi connectivity index (χ3n) is 3.70.